The van der Waals surface area contributed by atoms with Gasteiger partial charge in [0.15, 0.2) is 0 Å². The number of rotatable bonds is 7. The van der Waals surface area contributed by atoms with Crippen molar-refractivity contribution in [3.63, 3.8) is 0 Å². The van der Waals surface area contributed by atoms with E-state index in [1.807, 2.05) is 54.5 Å². The highest BCUT2D eigenvalue weighted by Crippen LogP contribution is 2.48. The Hall–Kier alpha value is -2.43. The minimum absolute atomic E-state index is 0.167. The number of nitrogens with zero attached hydrogens (tertiary/aromatic N) is 1. The van der Waals surface area contributed by atoms with Crippen molar-refractivity contribution >= 4 is 11.6 Å². The highest BCUT2D eigenvalue weighted by Gasteiger charge is 2.45. The van der Waals surface area contributed by atoms with Crippen LogP contribution in [0.25, 0.3) is 0 Å². The maximum absolute atomic E-state index is 13.1. The second-order valence-corrected chi connectivity index (χ2v) is 7.42. The van der Waals surface area contributed by atoms with Gasteiger partial charge in [0.1, 0.15) is 6.67 Å². The van der Waals surface area contributed by atoms with E-state index in [9.17, 15) is 9.18 Å². The van der Waals surface area contributed by atoms with Crippen LogP contribution in [-0.4, -0.2) is 24.1 Å². The first kappa shape index (κ1) is 35.2. The number of alkyl halides is 1. The maximum atomic E-state index is 13.1. The van der Waals surface area contributed by atoms with Gasteiger partial charge in [-0.15, -0.1) is 6.58 Å². The summed E-state index contributed by atoms with van der Waals surface area (Å²) in [6.45, 7) is 27.5. The largest absolute Gasteiger partial charge is 0.355 e. The number of allylic oxidation sites excluding steroid dienone is 2. The molecule has 1 aliphatic rings. The van der Waals surface area contributed by atoms with E-state index in [1.54, 1.807) is 25.3 Å². The molecule has 1 saturated carbocycles. The van der Waals surface area contributed by atoms with Crippen LogP contribution in [0.15, 0.2) is 54.4 Å². The van der Waals surface area contributed by atoms with E-state index >= 15 is 0 Å². The van der Waals surface area contributed by atoms with Gasteiger partial charge < -0.3 is 10.6 Å². The Morgan fingerprint density at radius 1 is 1.15 bits per heavy atom. The van der Waals surface area contributed by atoms with Gasteiger partial charge in [-0.25, -0.2) is 0 Å². The van der Waals surface area contributed by atoms with Gasteiger partial charge in [0, 0.05) is 29.5 Å². The summed E-state index contributed by atoms with van der Waals surface area (Å²) in [6.07, 6.45) is 6.29. The second kappa shape index (κ2) is 21.4. The zero-order valence-electron chi connectivity index (χ0n) is 23.0. The SMILES string of the molecule is C=C(C)C.C=C(Nc1ccnc(C2(CF)CC2)c1)/C(=C\C)C(=O)NCC.CC.CC.CCC. The molecule has 1 heterocycles. The quantitative estimate of drug-likeness (QED) is 0.244. The summed E-state index contributed by atoms with van der Waals surface area (Å²) in [5.41, 5.74) is 3.29. The zero-order valence-corrected chi connectivity index (χ0v) is 23.0. The Kier molecular flexibility index (Phi) is 22.8. The first-order valence-corrected chi connectivity index (χ1v) is 12.3. The number of hydrogen-bond acceptors (Lipinski definition) is 3. The number of carbonyl (C=O) groups is 1. The number of hydrogen-bond donors (Lipinski definition) is 2. The Morgan fingerprint density at radius 3 is 2.00 bits per heavy atom. The Labute approximate surface area is 203 Å². The van der Waals surface area contributed by atoms with Crippen molar-refractivity contribution in [3.8, 4) is 0 Å². The number of anilines is 1. The molecule has 0 aromatic carbocycles. The molecule has 4 nitrogen and oxygen atoms in total. The van der Waals surface area contributed by atoms with E-state index in [0.29, 0.717) is 17.8 Å². The molecule has 33 heavy (non-hydrogen) atoms. The van der Waals surface area contributed by atoms with E-state index in [4.69, 9.17) is 0 Å². The summed E-state index contributed by atoms with van der Waals surface area (Å²) in [5, 5.41) is 5.86. The molecule has 1 aromatic heterocycles. The Balaban J connectivity index is -0.000000698. The number of aromatic nitrogens is 1. The molecule has 190 valence electrons. The average molecular weight is 464 g/mol. The lowest BCUT2D eigenvalue weighted by atomic mass is 10.0. The van der Waals surface area contributed by atoms with Crippen molar-refractivity contribution in [1.82, 2.24) is 10.3 Å². The summed E-state index contributed by atoms with van der Waals surface area (Å²) in [5.74, 6) is -0.167. The van der Waals surface area contributed by atoms with Gasteiger partial charge in [0.05, 0.1) is 11.3 Å². The lowest BCUT2D eigenvalue weighted by Crippen LogP contribution is -2.26. The molecule has 0 aliphatic heterocycles. The third kappa shape index (κ3) is 15.1. The molecule has 0 atom stereocenters. The summed E-state index contributed by atoms with van der Waals surface area (Å²) < 4.78 is 13.1. The zero-order chi connectivity index (χ0) is 26.4. The van der Waals surface area contributed by atoms with E-state index < -0.39 is 5.41 Å². The van der Waals surface area contributed by atoms with Crippen LogP contribution in [0.2, 0.25) is 0 Å². The third-order valence-corrected chi connectivity index (χ3v) is 3.90. The van der Waals surface area contributed by atoms with Crippen LogP contribution in [0.5, 0.6) is 0 Å². The molecule has 0 saturated heterocycles. The van der Waals surface area contributed by atoms with Crippen LogP contribution in [0.1, 0.15) is 94.2 Å². The fourth-order valence-corrected chi connectivity index (χ4v) is 2.35. The molecule has 1 fully saturated rings. The van der Waals surface area contributed by atoms with Crippen molar-refractivity contribution in [2.24, 2.45) is 0 Å². The molecule has 0 spiro atoms. The highest BCUT2D eigenvalue weighted by atomic mass is 19.1. The van der Waals surface area contributed by atoms with Gasteiger partial charge in [0.25, 0.3) is 5.91 Å². The molecular weight excluding hydrogens is 413 g/mol. The molecule has 0 unspecified atom stereocenters. The number of halogens is 1. The van der Waals surface area contributed by atoms with E-state index in [1.165, 1.54) is 12.0 Å². The van der Waals surface area contributed by atoms with E-state index in [2.05, 4.69) is 42.6 Å². The molecule has 2 rings (SSSR count). The van der Waals surface area contributed by atoms with Crippen LogP contribution < -0.4 is 10.6 Å². The molecule has 1 aliphatic carbocycles. The van der Waals surface area contributed by atoms with Gasteiger partial charge in [-0.05, 0) is 52.7 Å². The standard InChI is InChI=1S/C17H22FN3O.C4H8.C3H8.2C2H6/c1-4-14(16(22)19-5-2)12(3)21-13-6-9-20-15(10-13)17(11-18)7-8-17;1-4(2)3;1-3-2;2*1-2/h4,6,9-10H,3,5,7-8,11H2,1-2H3,(H,19,22)(H,20,21);1H2,2-3H3;3H2,1-2H3;2*1-2H3/b14-4+;;;;. The van der Waals surface area contributed by atoms with Crippen molar-refractivity contribution in [1.29, 1.82) is 0 Å². The van der Waals surface area contributed by atoms with Crippen molar-refractivity contribution in [2.45, 2.75) is 93.9 Å². The molecular formula is C28H50FN3O. The highest BCUT2D eigenvalue weighted by molar-refractivity contribution is 5.98. The minimum atomic E-state index is -0.401. The predicted molar refractivity (Wildman–Crippen MR) is 145 cm³/mol. The number of pyridine rings is 1. The van der Waals surface area contributed by atoms with Crippen molar-refractivity contribution < 1.29 is 9.18 Å². The van der Waals surface area contributed by atoms with Gasteiger partial charge in [-0.1, -0.05) is 66.2 Å². The number of amides is 1. The minimum Gasteiger partial charge on any atom is -0.355 e. The van der Waals surface area contributed by atoms with Crippen LogP contribution in [0.4, 0.5) is 10.1 Å². The lowest BCUT2D eigenvalue weighted by Gasteiger charge is -2.15. The Morgan fingerprint density at radius 2 is 1.64 bits per heavy atom. The third-order valence-electron chi connectivity index (χ3n) is 3.90. The van der Waals surface area contributed by atoms with Crippen LogP contribution in [-0.2, 0) is 10.2 Å². The molecule has 2 N–H and O–H groups in total. The average Bonchev–Trinajstić information content (AvgIpc) is 3.59. The maximum Gasteiger partial charge on any atom is 0.253 e. The molecule has 0 bridgehead atoms. The summed E-state index contributed by atoms with van der Waals surface area (Å²) in [7, 11) is 0. The molecule has 1 aromatic rings. The van der Waals surface area contributed by atoms with E-state index in [0.717, 1.165) is 24.2 Å². The predicted octanol–water partition coefficient (Wildman–Crippen LogP) is 8.14. The monoisotopic (exact) mass is 463 g/mol. The lowest BCUT2D eigenvalue weighted by molar-refractivity contribution is -0.117. The fraction of sp³-hybridized carbons (Fsp3) is 0.571. The summed E-state index contributed by atoms with van der Waals surface area (Å²) in [6, 6.07) is 3.62. The number of likely N-dealkylation sites (N-methyl/N-ethyl adjacent to an activating group) is 1. The topological polar surface area (TPSA) is 54.0 Å². The van der Waals surface area contributed by atoms with Crippen LogP contribution >= 0.6 is 0 Å². The molecule has 1 amide bonds. The number of nitrogens with one attached hydrogen (secondary N) is 2. The fourth-order valence-electron chi connectivity index (χ4n) is 2.35. The van der Waals surface area contributed by atoms with Gasteiger partial charge in [0.2, 0.25) is 0 Å². The van der Waals surface area contributed by atoms with Gasteiger partial charge in [-0.3, -0.25) is 14.2 Å². The van der Waals surface area contributed by atoms with Gasteiger partial charge in [-0.2, -0.15) is 0 Å². The normalized spacial score (nSPS) is 12.4. The van der Waals surface area contributed by atoms with Crippen LogP contribution in [0, 0.1) is 0 Å². The first-order valence-electron chi connectivity index (χ1n) is 12.3. The molecule has 5 heteroatoms. The first-order chi connectivity index (χ1) is 15.7. The van der Waals surface area contributed by atoms with Crippen molar-refractivity contribution in [3.05, 3.63) is 60.1 Å². The number of carbonyl (C=O) groups excluding carboxylic acids is 1. The van der Waals surface area contributed by atoms with E-state index in [-0.39, 0.29) is 12.6 Å². The summed E-state index contributed by atoms with van der Waals surface area (Å²) in [4.78, 5) is 16.2. The van der Waals surface area contributed by atoms with Gasteiger partial charge >= 0.3 is 0 Å². The van der Waals surface area contributed by atoms with Crippen LogP contribution in [0.3, 0.4) is 0 Å². The smallest absolute Gasteiger partial charge is 0.253 e. The van der Waals surface area contributed by atoms with Crippen molar-refractivity contribution in [2.75, 3.05) is 18.5 Å². The second-order valence-electron chi connectivity index (χ2n) is 7.42. The summed E-state index contributed by atoms with van der Waals surface area (Å²) >= 11 is 0. The Bertz CT molecular complexity index is 703. The molecule has 0 radical (unpaired) electrons.